The van der Waals surface area contributed by atoms with Gasteiger partial charge in [0.05, 0.1) is 33.7 Å². The smallest absolute Gasteiger partial charge is 0.333 e. The molecule has 0 bridgehead atoms. The first kappa shape index (κ1) is 29.0. The lowest BCUT2D eigenvalue weighted by Gasteiger charge is -2.36. The van der Waals surface area contributed by atoms with Crippen molar-refractivity contribution in [2.24, 2.45) is 0 Å². The summed E-state index contributed by atoms with van der Waals surface area (Å²) in [5.74, 6) is -0.981. The first-order valence-electron chi connectivity index (χ1n) is 12.8. The van der Waals surface area contributed by atoms with E-state index < -0.39 is 29.3 Å². The van der Waals surface area contributed by atoms with E-state index in [0.717, 1.165) is 28.8 Å². The summed E-state index contributed by atoms with van der Waals surface area (Å²) >= 11 is 0. The molecule has 0 saturated carbocycles. The highest BCUT2D eigenvalue weighted by Crippen LogP contribution is 2.41. The molecular formula is C31H31NO9. The predicted molar refractivity (Wildman–Crippen MR) is 148 cm³/mol. The van der Waals surface area contributed by atoms with Gasteiger partial charge >= 0.3 is 11.9 Å². The van der Waals surface area contributed by atoms with Gasteiger partial charge in [0.25, 0.3) is 0 Å². The number of aromatic nitrogens is 1. The van der Waals surface area contributed by atoms with E-state index in [4.69, 9.17) is 23.8 Å². The molecule has 3 aromatic carbocycles. The summed E-state index contributed by atoms with van der Waals surface area (Å²) < 4.78 is 23.2. The molecule has 4 aromatic rings. The molecule has 0 unspecified atom stereocenters. The van der Waals surface area contributed by atoms with Crippen molar-refractivity contribution in [1.82, 2.24) is 4.73 Å². The second-order valence-corrected chi connectivity index (χ2v) is 8.88. The van der Waals surface area contributed by atoms with E-state index in [1.807, 2.05) is 78.9 Å². The van der Waals surface area contributed by atoms with Gasteiger partial charge in [0.15, 0.2) is 0 Å². The summed E-state index contributed by atoms with van der Waals surface area (Å²) in [5.41, 5.74) is 1.47. The van der Waals surface area contributed by atoms with E-state index in [-0.39, 0.29) is 26.1 Å². The number of hydrogen-bond acceptors (Lipinski definition) is 9. The van der Waals surface area contributed by atoms with Crippen molar-refractivity contribution in [2.75, 3.05) is 27.4 Å². The van der Waals surface area contributed by atoms with Gasteiger partial charge < -0.3 is 34.0 Å². The van der Waals surface area contributed by atoms with Crippen LogP contribution in [0.3, 0.4) is 0 Å². The fraction of sp³-hybridized carbons (Fsp3) is 0.226. The number of hydrogen-bond donors (Lipinski definition) is 2. The molecule has 10 nitrogen and oxygen atoms in total. The highest BCUT2D eigenvalue weighted by atomic mass is 16.7. The lowest BCUT2D eigenvalue weighted by Crippen LogP contribution is -2.34. The van der Waals surface area contributed by atoms with Gasteiger partial charge in [-0.15, -0.1) is 4.73 Å². The minimum atomic E-state index is -1.06. The third-order valence-electron chi connectivity index (χ3n) is 6.36. The van der Waals surface area contributed by atoms with E-state index in [9.17, 15) is 19.8 Å². The Morgan fingerprint density at radius 3 is 1.66 bits per heavy atom. The van der Waals surface area contributed by atoms with Crippen LogP contribution in [0.2, 0.25) is 0 Å². The van der Waals surface area contributed by atoms with E-state index in [2.05, 4.69) is 0 Å². The van der Waals surface area contributed by atoms with Crippen LogP contribution in [-0.2, 0) is 24.7 Å². The van der Waals surface area contributed by atoms with Gasteiger partial charge in [-0.1, -0.05) is 54.6 Å². The molecule has 0 aliphatic rings. The van der Waals surface area contributed by atoms with Crippen LogP contribution >= 0.6 is 0 Å². The van der Waals surface area contributed by atoms with Crippen LogP contribution in [0.25, 0.3) is 0 Å². The Morgan fingerprint density at radius 1 is 0.659 bits per heavy atom. The number of ether oxygens (including phenoxy) is 4. The third kappa shape index (κ3) is 6.79. The molecule has 0 aliphatic heterocycles. The first-order chi connectivity index (χ1) is 19.9. The molecule has 0 atom stereocenters. The molecule has 0 aliphatic carbocycles. The normalized spacial score (nSPS) is 11.1. The monoisotopic (exact) mass is 561 g/mol. The van der Waals surface area contributed by atoms with Crippen molar-refractivity contribution < 1.29 is 43.6 Å². The maximum Gasteiger partial charge on any atom is 0.333 e. The number of rotatable bonds is 13. The van der Waals surface area contributed by atoms with Gasteiger partial charge in [-0.25, -0.2) is 4.79 Å². The molecule has 1 aromatic heterocycles. The zero-order valence-electron chi connectivity index (χ0n) is 22.7. The van der Waals surface area contributed by atoms with E-state index in [0.29, 0.717) is 16.2 Å². The van der Waals surface area contributed by atoms with Crippen molar-refractivity contribution >= 4 is 11.9 Å². The number of carbonyl (C=O) groups excluding carboxylic acids is 2. The molecule has 10 heteroatoms. The third-order valence-corrected chi connectivity index (χ3v) is 6.36. The number of carbonyl (C=O) groups is 2. The molecule has 214 valence electrons. The summed E-state index contributed by atoms with van der Waals surface area (Å²) in [7, 11) is 3.20. The maximum atomic E-state index is 12.3. The topological polar surface area (TPSA) is 126 Å². The zero-order valence-corrected chi connectivity index (χ0v) is 22.7. The second kappa shape index (κ2) is 13.4. The van der Waals surface area contributed by atoms with Gasteiger partial charge in [0, 0.05) is 12.1 Å². The number of aromatic hydroxyl groups is 2. The molecule has 0 radical (unpaired) electrons. The Bertz CT molecular complexity index is 1360. The molecule has 0 amide bonds. The molecule has 2 N–H and O–H groups in total. The zero-order chi connectivity index (χ0) is 29.2. The number of nitrogens with zero attached hydrogens (tertiary/aromatic N) is 1. The van der Waals surface area contributed by atoms with Crippen LogP contribution in [0.15, 0.2) is 91.0 Å². The van der Waals surface area contributed by atoms with Gasteiger partial charge in [-0.05, 0) is 41.0 Å². The fourth-order valence-electron chi connectivity index (χ4n) is 4.34. The van der Waals surface area contributed by atoms with Gasteiger partial charge in [-0.2, -0.15) is 0 Å². The standard InChI is InChI=1S/C31H31NO9/c1-37-25-12-8-23(9-13-25)31(22-6-4-3-5-7-22,24-10-14-26(38-2)15-11-24)40-21-20-39-29(35)18-19-30(36)41-32-27(33)16-17-28(32)34/h3-17,33-34H,18-21H2,1-2H3. The molecule has 0 saturated heterocycles. The van der Waals surface area contributed by atoms with E-state index >= 15 is 0 Å². The summed E-state index contributed by atoms with van der Waals surface area (Å²) in [6.07, 6.45) is -0.579. The van der Waals surface area contributed by atoms with Crippen molar-refractivity contribution in [3.63, 3.8) is 0 Å². The number of methoxy groups -OCH3 is 2. The SMILES string of the molecule is COc1ccc(C(OCCOC(=O)CCC(=O)On2c(O)ccc2O)(c2ccccc2)c2ccc(OC)cc2)cc1. The van der Waals surface area contributed by atoms with Gasteiger partial charge in [0.2, 0.25) is 11.8 Å². The Morgan fingerprint density at radius 2 is 1.15 bits per heavy atom. The summed E-state index contributed by atoms with van der Waals surface area (Å²) in [5, 5.41) is 19.1. The Hall–Kier alpha value is -4.96. The Balaban J connectivity index is 1.48. The molecule has 0 fully saturated rings. The summed E-state index contributed by atoms with van der Waals surface area (Å²) in [4.78, 5) is 29.2. The van der Waals surface area contributed by atoms with E-state index in [1.165, 1.54) is 0 Å². The lowest BCUT2D eigenvalue weighted by atomic mass is 9.80. The average molecular weight is 562 g/mol. The molecule has 0 spiro atoms. The minimum absolute atomic E-state index is 0.0360. The largest absolute Gasteiger partial charge is 0.497 e. The van der Waals surface area contributed by atoms with Crippen LogP contribution in [-0.4, -0.2) is 54.3 Å². The summed E-state index contributed by atoms with van der Waals surface area (Å²) in [6, 6.07) is 27.1. The highest BCUT2D eigenvalue weighted by molar-refractivity contribution is 5.77. The Kier molecular flexibility index (Phi) is 9.49. The van der Waals surface area contributed by atoms with Crippen molar-refractivity contribution in [3.05, 3.63) is 108 Å². The molecule has 1 heterocycles. The average Bonchev–Trinajstić information content (AvgIpc) is 3.33. The number of esters is 1. The van der Waals surface area contributed by atoms with Crippen LogP contribution in [0.4, 0.5) is 0 Å². The van der Waals surface area contributed by atoms with Crippen LogP contribution in [0.1, 0.15) is 29.5 Å². The minimum Gasteiger partial charge on any atom is -0.497 e. The van der Waals surface area contributed by atoms with Crippen molar-refractivity contribution in [3.8, 4) is 23.3 Å². The number of benzene rings is 3. The van der Waals surface area contributed by atoms with Crippen LogP contribution in [0.5, 0.6) is 23.3 Å². The molecule has 41 heavy (non-hydrogen) atoms. The first-order valence-corrected chi connectivity index (χ1v) is 12.8. The predicted octanol–water partition coefficient (Wildman–Crippen LogP) is 4.20. The maximum absolute atomic E-state index is 12.3. The fourth-order valence-corrected chi connectivity index (χ4v) is 4.34. The summed E-state index contributed by atoms with van der Waals surface area (Å²) in [6.45, 7) is -0.0395. The van der Waals surface area contributed by atoms with Gasteiger partial charge in [-0.3, -0.25) is 4.79 Å². The Labute approximate surface area is 237 Å². The lowest BCUT2D eigenvalue weighted by molar-refractivity contribution is -0.152. The quantitative estimate of drug-likeness (QED) is 0.140. The van der Waals surface area contributed by atoms with Crippen molar-refractivity contribution in [1.29, 1.82) is 0 Å². The molecular weight excluding hydrogens is 530 g/mol. The highest BCUT2D eigenvalue weighted by Gasteiger charge is 2.38. The van der Waals surface area contributed by atoms with Gasteiger partial charge in [0.1, 0.15) is 23.7 Å². The second-order valence-electron chi connectivity index (χ2n) is 8.88. The van der Waals surface area contributed by atoms with Crippen LogP contribution in [0, 0.1) is 0 Å². The molecule has 4 rings (SSSR count). The van der Waals surface area contributed by atoms with E-state index in [1.54, 1.807) is 14.2 Å². The van der Waals surface area contributed by atoms with Crippen LogP contribution < -0.4 is 14.3 Å². The van der Waals surface area contributed by atoms with Crippen molar-refractivity contribution in [2.45, 2.75) is 18.4 Å².